The van der Waals surface area contributed by atoms with Crippen LogP contribution >= 0.6 is 0 Å². The third-order valence-electron chi connectivity index (χ3n) is 2.91. The van der Waals surface area contributed by atoms with Crippen molar-refractivity contribution in [1.29, 1.82) is 0 Å². The van der Waals surface area contributed by atoms with Crippen molar-refractivity contribution < 1.29 is 9.90 Å². The smallest absolute Gasteiger partial charge is 0.317 e. The molecule has 0 unspecified atom stereocenters. The summed E-state index contributed by atoms with van der Waals surface area (Å²) in [6.45, 7) is 4.36. The van der Waals surface area contributed by atoms with Crippen LogP contribution in [0.2, 0.25) is 0 Å². The van der Waals surface area contributed by atoms with Crippen molar-refractivity contribution in [2.45, 2.75) is 51.6 Å². The molecule has 1 saturated carbocycles. The number of carbonyl (C=O) groups is 1. The van der Waals surface area contributed by atoms with Gasteiger partial charge in [-0.2, -0.15) is 0 Å². The first-order chi connectivity index (χ1) is 7.15. The summed E-state index contributed by atoms with van der Waals surface area (Å²) in [5.41, 5.74) is 0. The van der Waals surface area contributed by atoms with E-state index in [2.05, 4.69) is 5.32 Å². The average molecular weight is 214 g/mol. The molecule has 0 saturated heterocycles. The topological polar surface area (TPSA) is 52.6 Å². The fraction of sp³-hybridized carbons (Fsp3) is 0.909. The number of carbonyl (C=O) groups excluding carboxylic acids is 1. The van der Waals surface area contributed by atoms with E-state index in [1.807, 2.05) is 13.8 Å². The van der Waals surface area contributed by atoms with Crippen LogP contribution in [-0.2, 0) is 0 Å². The zero-order valence-corrected chi connectivity index (χ0v) is 9.70. The molecule has 88 valence electrons. The fourth-order valence-corrected chi connectivity index (χ4v) is 2.03. The summed E-state index contributed by atoms with van der Waals surface area (Å²) in [5.74, 6) is 0. The van der Waals surface area contributed by atoms with E-state index in [0.29, 0.717) is 12.6 Å². The third kappa shape index (κ3) is 3.70. The molecule has 4 nitrogen and oxygen atoms in total. The molecule has 0 atom stereocenters. The quantitative estimate of drug-likeness (QED) is 0.742. The van der Waals surface area contributed by atoms with Crippen molar-refractivity contribution in [3.05, 3.63) is 0 Å². The molecule has 1 aliphatic rings. The van der Waals surface area contributed by atoms with Crippen molar-refractivity contribution in [3.63, 3.8) is 0 Å². The summed E-state index contributed by atoms with van der Waals surface area (Å²) < 4.78 is 0. The lowest BCUT2D eigenvalue weighted by molar-refractivity contribution is 0.158. The molecule has 0 aromatic heterocycles. The van der Waals surface area contributed by atoms with Crippen LogP contribution in [0.4, 0.5) is 4.79 Å². The standard InChI is InChI=1S/C11H22N2O2/c1-9(2)13(7-8-14)11(15)12-10-5-3-4-6-10/h9-10,14H,3-8H2,1-2H3,(H,12,15). The number of amides is 2. The maximum absolute atomic E-state index is 11.8. The Labute approximate surface area is 91.6 Å². The van der Waals surface area contributed by atoms with Gasteiger partial charge in [-0.15, -0.1) is 0 Å². The first kappa shape index (κ1) is 12.3. The first-order valence-corrected chi connectivity index (χ1v) is 5.83. The van der Waals surface area contributed by atoms with Gasteiger partial charge in [0, 0.05) is 18.6 Å². The minimum absolute atomic E-state index is 0.0241. The monoisotopic (exact) mass is 214 g/mol. The lowest BCUT2D eigenvalue weighted by atomic mass is 10.2. The second kappa shape index (κ2) is 5.95. The fourth-order valence-electron chi connectivity index (χ4n) is 2.03. The van der Waals surface area contributed by atoms with Gasteiger partial charge in [0.2, 0.25) is 0 Å². The normalized spacial score (nSPS) is 17.1. The van der Waals surface area contributed by atoms with Gasteiger partial charge in [-0.3, -0.25) is 0 Å². The Morgan fingerprint density at radius 1 is 1.47 bits per heavy atom. The molecular weight excluding hydrogens is 192 g/mol. The lowest BCUT2D eigenvalue weighted by Crippen LogP contribution is -2.48. The van der Waals surface area contributed by atoms with Crippen LogP contribution < -0.4 is 5.32 Å². The zero-order valence-electron chi connectivity index (χ0n) is 9.70. The number of nitrogens with zero attached hydrogens (tertiary/aromatic N) is 1. The zero-order chi connectivity index (χ0) is 11.3. The Bertz CT molecular complexity index is 201. The molecule has 1 rings (SSSR count). The Hall–Kier alpha value is -0.770. The molecular formula is C11H22N2O2. The Balaban J connectivity index is 2.40. The van der Waals surface area contributed by atoms with E-state index in [1.54, 1.807) is 4.90 Å². The molecule has 1 aliphatic carbocycles. The van der Waals surface area contributed by atoms with Crippen LogP contribution in [0, 0.1) is 0 Å². The maximum Gasteiger partial charge on any atom is 0.317 e. The van der Waals surface area contributed by atoms with Gasteiger partial charge in [-0.25, -0.2) is 4.79 Å². The number of rotatable bonds is 4. The molecule has 0 heterocycles. The highest BCUT2D eigenvalue weighted by Gasteiger charge is 2.21. The van der Waals surface area contributed by atoms with Crippen LogP contribution in [0.5, 0.6) is 0 Å². The molecule has 0 aromatic rings. The SMILES string of the molecule is CC(C)N(CCO)C(=O)NC1CCCC1. The van der Waals surface area contributed by atoms with Gasteiger partial charge in [0.15, 0.2) is 0 Å². The van der Waals surface area contributed by atoms with Crippen LogP contribution in [-0.4, -0.2) is 41.3 Å². The van der Waals surface area contributed by atoms with Gasteiger partial charge in [-0.05, 0) is 26.7 Å². The second-order valence-electron chi connectivity index (χ2n) is 4.44. The molecule has 0 aromatic carbocycles. The summed E-state index contributed by atoms with van der Waals surface area (Å²) >= 11 is 0. The number of hydrogen-bond acceptors (Lipinski definition) is 2. The number of urea groups is 1. The van der Waals surface area contributed by atoms with E-state index in [4.69, 9.17) is 5.11 Å². The molecule has 0 aliphatic heterocycles. The Kier molecular flexibility index (Phi) is 4.88. The highest BCUT2D eigenvalue weighted by atomic mass is 16.3. The molecule has 0 bridgehead atoms. The summed E-state index contributed by atoms with van der Waals surface area (Å²) in [6.07, 6.45) is 4.62. The van der Waals surface area contributed by atoms with E-state index < -0.39 is 0 Å². The number of nitrogens with one attached hydrogen (secondary N) is 1. The summed E-state index contributed by atoms with van der Waals surface area (Å²) in [7, 11) is 0. The predicted molar refractivity (Wildman–Crippen MR) is 59.7 cm³/mol. The Morgan fingerprint density at radius 3 is 2.53 bits per heavy atom. The van der Waals surface area contributed by atoms with E-state index in [1.165, 1.54) is 12.8 Å². The van der Waals surface area contributed by atoms with Gasteiger partial charge in [0.25, 0.3) is 0 Å². The summed E-state index contributed by atoms with van der Waals surface area (Å²) in [4.78, 5) is 13.5. The van der Waals surface area contributed by atoms with Gasteiger partial charge in [0.05, 0.1) is 6.61 Å². The van der Waals surface area contributed by atoms with E-state index in [0.717, 1.165) is 12.8 Å². The molecule has 4 heteroatoms. The number of aliphatic hydroxyl groups excluding tert-OH is 1. The highest BCUT2D eigenvalue weighted by Crippen LogP contribution is 2.18. The van der Waals surface area contributed by atoms with Crippen LogP contribution in [0.1, 0.15) is 39.5 Å². The predicted octanol–water partition coefficient (Wildman–Crippen LogP) is 1.34. The van der Waals surface area contributed by atoms with Crippen molar-refractivity contribution in [1.82, 2.24) is 10.2 Å². The summed E-state index contributed by atoms with van der Waals surface area (Å²) in [6, 6.07) is 0.446. The van der Waals surface area contributed by atoms with E-state index in [9.17, 15) is 4.79 Å². The largest absolute Gasteiger partial charge is 0.395 e. The van der Waals surface area contributed by atoms with Crippen LogP contribution in [0.3, 0.4) is 0 Å². The van der Waals surface area contributed by atoms with Gasteiger partial charge in [-0.1, -0.05) is 12.8 Å². The van der Waals surface area contributed by atoms with Crippen LogP contribution in [0.25, 0.3) is 0 Å². The van der Waals surface area contributed by atoms with Crippen molar-refractivity contribution in [2.75, 3.05) is 13.2 Å². The van der Waals surface area contributed by atoms with Crippen molar-refractivity contribution >= 4 is 6.03 Å². The van der Waals surface area contributed by atoms with Crippen LogP contribution in [0.15, 0.2) is 0 Å². The maximum atomic E-state index is 11.8. The molecule has 1 fully saturated rings. The average Bonchev–Trinajstić information content (AvgIpc) is 2.65. The molecule has 0 spiro atoms. The first-order valence-electron chi connectivity index (χ1n) is 5.83. The highest BCUT2D eigenvalue weighted by molar-refractivity contribution is 5.74. The van der Waals surface area contributed by atoms with Gasteiger partial charge in [0.1, 0.15) is 0 Å². The minimum Gasteiger partial charge on any atom is -0.395 e. The summed E-state index contributed by atoms with van der Waals surface area (Å²) in [5, 5.41) is 11.9. The van der Waals surface area contributed by atoms with E-state index in [-0.39, 0.29) is 18.7 Å². The third-order valence-corrected chi connectivity index (χ3v) is 2.91. The molecule has 2 N–H and O–H groups in total. The number of aliphatic hydroxyl groups is 1. The molecule has 2 amide bonds. The van der Waals surface area contributed by atoms with Gasteiger partial charge < -0.3 is 15.3 Å². The van der Waals surface area contributed by atoms with Crippen molar-refractivity contribution in [2.24, 2.45) is 0 Å². The second-order valence-corrected chi connectivity index (χ2v) is 4.44. The Morgan fingerprint density at radius 2 is 2.07 bits per heavy atom. The lowest BCUT2D eigenvalue weighted by Gasteiger charge is -2.27. The minimum atomic E-state index is -0.0362. The molecule has 15 heavy (non-hydrogen) atoms. The van der Waals surface area contributed by atoms with Crippen molar-refractivity contribution in [3.8, 4) is 0 Å². The molecule has 0 radical (unpaired) electrons. The van der Waals surface area contributed by atoms with E-state index >= 15 is 0 Å². The van der Waals surface area contributed by atoms with Gasteiger partial charge >= 0.3 is 6.03 Å². The number of hydrogen-bond donors (Lipinski definition) is 2.